The molecule has 1 saturated heterocycles. The monoisotopic (exact) mass is 429 g/mol. The second kappa shape index (κ2) is 10.1. The lowest BCUT2D eigenvalue weighted by Gasteiger charge is -2.20. The standard InChI is InChI=1S/C23H31N3O3S/c1-3-19-10-8-9-18(2)23(19)25-22(27)17-24-20-11-13-21(14-12-20)30(28,29)26-15-6-4-5-7-16-26/h8-14,24H,3-7,15-17H2,1-2H3,(H,25,27). The summed E-state index contributed by atoms with van der Waals surface area (Å²) in [6.45, 7) is 5.31. The van der Waals surface area contributed by atoms with Gasteiger partial charge in [-0.25, -0.2) is 8.42 Å². The molecule has 2 aromatic carbocycles. The van der Waals surface area contributed by atoms with E-state index in [-0.39, 0.29) is 12.5 Å². The van der Waals surface area contributed by atoms with Gasteiger partial charge in [0.1, 0.15) is 0 Å². The van der Waals surface area contributed by atoms with Crippen molar-refractivity contribution in [3.05, 3.63) is 53.6 Å². The maximum atomic E-state index is 12.9. The Morgan fingerprint density at radius 3 is 2.30 bits per heavy atom. The Balaban J connectivity index is 1.60. The van der Waals surface area contributed by atoms with Gasteiger partial charge in [-0.05, 0) is 61.6 Å². The number of carbonyl (C=O) groups excluding carboxylic acids is 1. The van der Waals surface area contributed by atoms with Gasteiger partial charge in [-0.2, -0.15) is 4.31 Å². The fraction of sp³-hybridized carbons (Fsp3) is 0.435. The number of para-hydroxylation sites is 1. The Hall–Kier alpha value is -2.38. The zero-order chi connectivity index (χ0) is 21.6. The van der Waals surface area contributed by atoms with Crippen molar-refractivity contribution in [2.45, 2.75) is 50.8 Å². The van der Waals surface area contributed by atoms with Crippen LogP contribution in [0.1, 0.15) is 43.7 Å². The lowest BCUT2D eigenvalue weighted by Crippen LogP contribution is -2.31. The average molecular weight is 430 g/mol. The van der Waals surface area contributed by atoms with Crippen LogP contribution in [0.3, 0.4) is 0 Å². The molecule has 2 aromatic rings. The molecule has 1 aliphatic heterocycles. The second-order valence-electron chi connectivity index (χ2n) is 7.71. The number of nitrogens with one attached hydrogen (secondary N) is 2. The van der Waals surface area contributed by atoms with Gasteiger partial charge in [-0.3, -0.25) is 4.79 Å². The highest BCUT2D eigenvalue weighted by Gasteiger charge is 2.24. The number of sulfonamides is 1. The van der Waals surface area contributed by atoms with Crippen LogP contribution in [0, 0.1) is 6.92 Å². The van der Waals surface area contributed by atoms with Crippen molar-refractivity contribution in [2.75, 3.05) is 30.3 Å². The van der Waals surface area contributed by atoms with Crippen LogP contribution >= 0.6 is 0 Å². The smallest absolute Gasteiger partial charge is 0.243 e. The second-order valence-corrected chi connectivity index (χ2v) is 9.64. The van der Waals surface area contributed by atoms with Crippen LogP contribution in [0.15, 0.2) is 47.4 Å². The van der Waals surface area contributed by atoms with Crippen molar-refractivity contribution >= 4 is 27.3 Å². The van der Waals surface area contributed by atoms with Crippen molar-refractivity contribution in [3.63, 3.8) is 0 Å². The Morgan fingerprint density at radius 1 is 1.00 bits per heavy atom. The Kier molecular flexibility index (Phi) is 7.50. The molecule has 1 heterocycles. The molecule has 1 amide bonds. The Bertz CT molecular complexity index is 964. The van der Waals surface area contributed by atoms with Gasteiger partial charge in [-0.1, -0.05) is 38.0 Å². The highest BCUT2D eigenvalue weighted by atomic mass is 32.2. The Labute approximate surface area is 179 Å². The maximum Gasteiger partial charge on any atom is 0.243 e. The van der Waals surface area contributed by atoms with E-state index in [4.69, 9.17) is 0 Å². The molecule has 1 fully saturated rings. The van der Waals surface area contributed by atoms with E-state index in [2.05, 4.69) is 17.6 Å². The summed E-state index contributed by atoms with van der Waals surface area (Å²) in [4.78, 5) is 12.7. The molecular weight excluding hydrogens is 398 g/mol. The molecule has 162 valence electrons. The first kappa shape index (κ1) is 22.3. The molecule has 6 nitrogen and oxygen atoms in total. The molecule has 0 radical (unpaired) electrons. The van der Waals surface area contributed by atoms with Crippen LogP contribution in [0.25, 0.3) is 0 Å². The number of nitrogens with zero attached hydrogens (tertiary/aromatic N) is 1. The third-order valence-electron chi connectivity index (χ3n) is 5.51. The van der Waals surface area contributed by atoms with Gasteiger partial charge in [-0.15, -0.1) is 0 Å². The summed E-state index contributed by atoms with van der Waals surface area (Å²) in [6, 6.07) is 12.6. The normalized spacial score (nSPS) is 15.4. The first-order chi connectivity index (χ1) is 14.4. The minimum atomic E-state index is -3.46. The number of carbonyl (C=O) groups is 1. The lowest BCUT2D eigenvalue weighted by molar-refractivity contribution is -0.114. The van der Waals surface area contributed by atoms with E-state index in [1.807, 2.05) is 25.1 Å². The highest BCUT2D eigenvalue weighted by molar-refractivity contribution is 7.89. The summed E-state index contributed by atoms with van der Waals surface area (Å²) in [5.74, 6) is -0.139. The first-order valence-corrected chi connectivity index (χ1v) is 12.1. The minimum Gasteiger partial charge on any atom is -0.376 e. The van der Waals surface area contributed by atoms with E-state index >= 15 is 0 Å². The fourth-order valence-corrected chi connectivity index (χ4v) is 5.26. The van der Waals surface area contributed by atoms with Crippen LogP contribution in [0.5, 0.6) is 0 Å². The summed E-state index contributed by atoms with van der Waals surface area (Å²) in [6.07, 6.45) is 4.83. The van der Waals surface area contributed by atoms with E-state index in [1.54, 1.807) is 28.6 Å². The molecule has 1 aliphatic rings. The molecule has 0 saturated carbocycles. The van der Waals surface area contributed by atoms with Gasteiger partial charge in [0.25, 0.3) is 0 Å². The van der Waals surface area contributed by atoms with Crippen molar-refractivity contribution < 1.29 is 13.2 Å². The van der Waals surface area contributed by atoms with Gasteiger partial charge in [0.15, 0.2) is 0 Å². The van der Waals surface area contributed by atoms with Gasteiger partial charge >= 0.3 is 0 Å². The van der Waals surface area contributed by atoms with Crippen LogP contribution in [-0.2, 0) is 21.2 Å². The van der Waals surface area contributed by atoms with Crippen LogP contribution < -0.4 is 10.6 Å². The quantitative estimate of drug-likeness (QED) is 0.692. The lowest BCUT2D eigenvalue weighted by atomic mass is 10.1. The predicted molar refractivity (Wildman–Crippen MR) is 121 cm³/mol. The van der Waals surface area contributed by atoms with Gasteiger partial charge in [0, 0.05) is 24.5 Å². The summed E-state index contributed by atoms with van der Waals surface area (Å²) < 4.78 is 27.3. The molecule has 0 unspecified atom stereocenters. The van der Waals surface area contributed by atoms with Crippen LogP contribution in [0.4, 0.5) is 11.4 Å². The predicted octanol–water partition coefficient (Wildman–Crippen LogP) is 4.17. The number of hydrogen-bond acceptors (Lipinski definition) is 4. The molecule has 7 heteroatoms. The third-order valence-corrected chi connectivity index (χ3v) is 7.43. The molecule has 3 rings (SSSR count). The van der Waals surface area contributed by atoms with Crippen molar-refractivity contribution in [1.82, 2.24) is 4.31 Å². The summed E-state index contributed by atoms with van der Waals surface area (Å²) in [5.41, 5.74) is 3.71. The summed E-state index contributed by atoms with van der Waals surface area (Å²) in [7, 11) is -3.46. The zero-order valence-corrected chi connectivity index (χ0v) is 18.6. The number of hydrogen-bond donors (Lipinski definition) is 2. The van der Waals surface area contributed by atoms with Gasteiger partial charge in [0.2, 0.25) is 15.9 Å². The van der Waals surface area contributed by atoms with E-state index in [0.717, 1.165) is 48.9 Å². The molecule has 0 bridgehead atoms. The molecule has 0 spiro atoms. The van der Waals surface area contributed by atoms with Crippen LogP contribution in [-0.4, -0.2) is 38.3 Å². The molecule has 30 heavy (non-hydrogen) atoms. The minimum absolute atomic E-state index is 0.107. The largest absolute Gasteiger partial charge is 0.376 e. The number of rotatable bonds is 7. The molecule has 0 aliphatic carbocycles. The molecular formula is C23H31N3O3S. The molecule has 0 atom stereocenters. The van der Waals surface area contributed by atoms with E-state index < -0.39 is 10.0 Å². The third kappa shape index (κ3) is 5.40. The van der Waals surface area contributed by atoms with Crippen LogP contribution in [0.2, 0.25) is 0 Å². The number of anilines is 2. The van der Waals surface area contributed by atoms with E-state index in [1.165, 1.54) is 0 Å². The maximum absolute atomic E-state index is 12.9. The number of aryl methyl sites for hydroxylation is 2. The fourth-order valence-electron chi connectivity index (χ4n) is 3.74. The number of benzene rings is 2. The summed E-state index contributed by atoms with van der Waals surface area (Å²) >= 11 is 0. The molecule has 2 N–H and O–H groups in total. The zero-order valence-electron chi connectivity index (χ0n) is 17.8. The topological polar surface area (TPSA) is 78.5 Å². The SMILES string of the molecule is CCc1cccc(C)c1NC(=O)CNc1ccc(S(=O)(=O)N2CCCCCC2)cc1. The van der Waals surface area contributed by atoms with E-state index in [0.29, 0.717) is 23.7 Å². The molecule has 0 aromatic heterocycles. The van der Waals surface area contributed by atoms with Gasteiger partial charge in [0.05, 0.1) is 11.4 Å². The van der Waals surface area contributed by atoms with Crippen molar-refractivity contribution in [3.8, 4) is 0 Å². The average Bonchev–Trinajstić information content (AvgIpc) is 3.04. The van der Waals surface area contributed by atoms with E-state index in [9.17, 15) is 13.2 Å². The van der Waals surface area contributed by atoms with Crippen molar-refractivity contribution in [2.24, 2.45) is 0 Å². The highest BCUT2D eigenvalue weighted by Crippen LogP contribution is 2.23. The van der Waals surface area contributed by atoms with Crippen molar-refractivity contribution in [1.29, 1.82) is 0 Å². The summed E-state index contributed by atoms with van der Waals surface area (Å²) in [5, 5.41) is 6.05. The Morgan fingerprint density at radius 2 is 1.67 bits per heavy atom. The number of amides is 1. The van der Waals surface area contributed by atoms with Gasteiger partial charge < -0.3 is 10.6 Å². The first-order valence-electron chi connectivity index (χ1n) is 10.6.